The monoisotopic (exact) mass is 321 g/mol. The van der Waals surface area contributed by atoms with E-state index in [1.807, 2.05) is 49.4 Å². The number of nitrogens with one attached hydrogen (secondary N) is 2. The van der Waals surface area contributed by atoms with E-state index in [1.165, 1.54) is 6.21 Å². The van der Waals surface area contributed by atoms with Crippen LogP contribution in [0.15, 0.2) is 65.8 Å². The molecule has 0 aliphatic carbocycles. The fourth-order valence-electron chi connectivity index (χ4n) is 1.96. The molecule has 122 valence electrons. The Balaban J connectivity index is 1.72. The van der Waals surface area contributed by atoms with Gasteiger partial charge in [-0.1, -0.05) is 54.1 Å². The molecule has 0 saturated carbocycles. The van der Waals surface area contributed by atoms with Crippen LogP contribution >= 0.6 is 0 Å². The van der Waals surface area contributed by atoms with Crippen molar-refractivity contribution in [2.24, 2.45) is 5.10 Å². The van der Waals surface area contributed by atoms with Crippen molar-refractivity contribution in [2.45, 2.75) is 6.92 Å². The maximum Gasteiger partial charge on any atom is 0.259 e. The molecule has 0 bridgehead atoms. The summed E-state index contributed by atoms with van der Waals surface area (Å²) in [5, 5.41) is 6.34. The summed E-state index contributed by atoms with van der Waals surface area (Å²) in [4.78, 5) is 23.5. The van der Waals surface area contributed by atoms with Crippen molar-refractivity contribution >= 4 is 24.1 Å². The summed E-state index contributed by atoms with van der Waals surface area (Å²) in [5.41, 5.74) is 4.91. The lowest BCUT2D eigenvalue weighted by molar-refractivity contribution is -0.120. The molecule has 2 aromatic rings. The number of nitrogens with zero attached hydrogens (tertiary/aromatic N) is 1. The first-order valence-electron chi connectivity index (χ1n) is 7.53. The molecule has 0 aliphatic heterocycles. The lowest BCUT2D eigenvalue weighted by Crippen LogP contribution is -2.34. The van der Waals surface area contributed by atoms with Crippen molar-refractivity contribution in [1.29, 1.82) is 0 Å². The molecule has 5 heteroatoms. The minimum absolute atomic E-state index is 0.132. The van der Waals surface area contributed by atoms with Gasteiger partial charge in [-0.25, -0.2) is 5.43 Å². The van der Waals surface area contributed by atoms with Crippen LogP contribution in [0.25, 0.3) is 6.08 Å². The van der Waals surface area contributed by atoms with Crippen LogP contribution < -0.4 is 10.7 Å². The molecule has 2 N–H and O–H groups in total. The summed E-state index contributed by atoms with van der Waals surface area (Å²) in [6, 6.07) is 16.9. The highest BCUT2D eigenvalue weighted by molar-refractivity contribution is 5.96. The zero-order chi connectivity index (χ0) is 17.2. The predicted molar refractivity (Wildman–Crippen MR) is 95.6 cm³/mol. The zero-order valence-corrected chi connectivity index (χ0v) is 13.4. The standard InChI is InChI=1S/C19H19N3O2/c1-15-7-5-11-17(13-15)19(24)20-14-18(23)22-21-12-6-10-16-8-3-2-4-9-16/h2-13H,14H2,1H3,(H,20,24)(H,22,23)/b10-6+,21-12+. The number of hydrogen-bond acceptors (Lipinski definition) is 3. The van der Waals surface area contributed by atoms with Crippen LogP contribution in [0.3, 0.4) is 0 Å². The van der Waals surface area contributed by atoms with E-state index in [9.17, 15) is 9.59 Å². The fourth-order valence-corrected chi connectivity index (χ4v) is 1.96. The fraction of sp³-hybridized carbons (Fsp3) is 0.105. The van der Waals surface area contributed by atoms with Crippen LogP contribution in [0.4, 0.5) is 0 Å². The van der Waals surface area contributed by atoms with Crippen LogP contribution in [0.2, 0.25) is 0 Å². The number of rotatable bonds is 6. The summed E-state index contributed by atoms with van der Waals surface area (Å²) in [6.07, 6.45) is 5.07. The molecule has 2 amide bonds. The van der Waals surface area contributed by atoms with Crippen molar-refractivity contribution in [3.8, 4) is 0 Å². The van der Waals surface area contributed by atoms with Gasteiger partial charge in [0.25, 0.3) is 11.8 Å². The molecule has 0 atom stereocenters. The van der Waals surface area contributed by atoms with E-state index in [0.29, 0.717) is 5.56 Å². The van der Waals surface area contributed by atoms with Crippen LogP contribution in [0.1, 0.15) is 21.5 Å². The van der Waals surface area contributed by atoms with E-state index < -0.39 is 0 Å². The SMILES string of the molecule is Cc1cccc(C(=O)NCC(=O)N/N=C/C=C/c2ccccc2)c1. The number of carbonyl (C=O) groups excluding carboxylic acids is 2. The van der Waals surface area contributed by atoms with Crippen molar-refractivity contribution in [3.63, 3.8) is 0 Å². The van der Waals surface area contributed by atoms with Crippen molar-refractivity contribution in [2.75, 3.05) is 6.54 Å². The minimum atomic E-state index is -0.389. The van der Waals surface area contributed by atoms with E-state index in [1.54, 1.807) is 24.3 Å². The molecule has 0 aliphatic rings. The third-order valence-corrected chi connectivity index (χ3v) is 3.13. The number of carbonyl (C=O) groups is 2. The number of hydrogen-bond donors (Lipinski definition) is 2. The molecule has 0 unspecified atom stereocenters. The Bertz CT molecular complexity index is 752. The first kappa shape index (κ1) is 17.1. The smallest absolute Gasteiger partial charge is 0.259 e. The number of hydrazone groups is 1. The highest BCUT2D eigenvalue weighted by atomic mass is 16.2. The van der Waals surface area contributed by atoms with E-state index in [4.69, 9.17) is 0 Å². The third-order valence-electron chi connectivity index (χ3n) is 3.13. The van der Waals surface area contributed by atoms with E-state index in [0.717, 1.165) is 11.1 Å². The summed E-state index contributed by atoms with van der Waals surface area (Å²) in [6.45, 7) is 1.77. The lowest BCUT2D eigenvalue weighted by atomic mass is 10.1. The lowest BCUT2D eigenvalue weighted by Gasteiger charge is -2.04. The van der Waals surface area contributed by atoms with Gasteiger partial charge in [0.15, 0.2) is 0 Å². The summed E-state index contributed by atoms with van der Waals surface area (Å²) >= 11 is 0. The Morgan fingerprint density at radius 1 is 1.08 bits per heavy atom. The van der Waals surface area contributed by atoms with Crippen molar-refractivity contribution < 1.29 is 9.59 Å². The van der Waals surface area contributed by atoms with Gasteiger partial charge in [-0.15, -0.1) is 0 Å². The van der Waals surface area contributed by atoms with Crippen LogP contribution in [0, 0.1) is 6.92 Å². The van der Waals surface area contributed by atoms with Gasteiger partial charge < -0.3 is 5.32 Å². The molecule has 24 heavy (non-hydrogen) atoms. The minimum Gasteiger partial charge on any atom is -0.343 e. The van der Waals surface area contributed by atoms with Gasteiger partial charge in [0.05, 0.1) is 6.54 Å². The summed E-state index contributed by atoms with van der Waals surface area (Å²) in [5.74, 6) is -0.679. The van der Waals surface area contributed by atoms with Crippen molar-refractivity contribution in [3.05, 3.63) is 77.4 Å². The van der Waals surface area contributed by atoms with Crippen LogP contribution in [-0.4, -0.2) is 24.6 Å². The van der Waals surface area contributed by atoms with Gasteiger partial charge in [-0.2, -0.15) is 5.10 Å². The van der Waals surface area contributed by atoms with Gasteiger partial charge in [-0.3, -0.25) is 9.59 Å². The Kier molecular flexibility index (Phi) is 6.46. The predicted octanol–water partition coefficient (Wildman–Crippen LogP) is 2.54. The first-order valence-corrected chi connectivity index (χ1v) is 7.53. The highest BCUT2D eigenvalue weighted by Gasteiger charge is 2.07. The normalized spacial score (nSPS) is 10.9. The van der Waals surface area contributed by atoms with Crippen LogP contribution in [-0.2, 0) is 4.79 Å². The zero-order valence-electron chi connectivity index (χ0n) is 13.4. The largest absolute Gasteiger partial charge is 0.343 e. The topological polar surface area (TPSA) is 70.6 Å². The maximum atomic E-state index is 11.9. The molecular weight excluding hydrogens is 302 g/mol. The molecule has 0 heterocycles. The number of allylic oxidation sites excluding steroid dienone is 1. The Hall–Kier alpha value is -3.21. The Labute approximate surface area is 141 Å². The molecule has 0 spiro atoms. The van der Waals surface area contributed by atoms with Crippen molar-refractivity contribution in [1.82, 2.24) is 10.7 Å². The van der Waals surface area contributed by atoms with Gasteiger partial charge in [0.2, 0.25) is 0 Å². The Morgan fingerprint density at radius 3 is 2.62 bits per heavy atom. The second kappa shape index (κ2) is 9.05. The summed E-state index contributed by atoms with van der Waals surface area (Å²) < 4.78 is 0. The molecule has 0 aromatic heterocycles. The molecule has 5 nitrogen and oxygen atoms in total. The average Bonchev–Trinajstić information content (AvgIpc) is 2.60. The second-order valence-corrected chi connectivity index (χ2v) is 5.14. The molecule has 0 saturated heterocycles. The second-order valence-electron chi connectivity index (χ2n) is 5.14. The summed E-state index contributed by atoms with van der Waals surface area (Å²) in [7, 11) is 0. The van der Waals surface area contributed by atoms with E-state index >= 15 is 0 Å². The number of amides is 2. The number of benzene rings is 2. The first-order chi connectivity index (χ1) is 11.6. The van der Waals surface area contributed by atoms with Crippen LogP contribution in [0.5, 0.6) is 0 Å². The Morgan fingerprint density at radius 2 is 1.88 bits per heavy atom. The molecule has 0 radical (unpaired) electrons. The molecular formula is C19H19N3O2. The van der Waals surface area contributed by atoms with Gasteiger partial charge in [0, 0.05) is 11.8 Å². The van der Waals surface area contributed by atoms with E-state index in [-0.39, 0.29) is 18.4 Å². The molecule has 0 fully saturated rings. The quantitative estimate of drug-likeness (QED) is 0.634. The molecule has 2 rings (SSSR count). The van der Waals surface area contributed by atoms with E-state index in [2.05, 4.69) is 15.8 Å². The average molecular weight is 321 g/mol. The highest BCUT2D eigenvalue weighted by Crippen LogP contribution is 2.03. The number of aryl methyl sites for hydroxylation is 1. The van der Waals surface area contributed by atoms with Gasteiger partial charge in [0.1, 0.15) is 0 Å². The van der Waals surface area contributed by atoms with Gasteiger partial charge >= 0.3 is 0 Å². The third kappa shape index (κ3) is 5.88. The van der Waals surface area contributed by atoms with Gasteiger partial charge in [-0.05, 0) is 30.7 Å². The maximum absolute atomic E-state index is 11.9. The molecule has 2 aromatic carbocycles.